The van der Waals surface area contributed by atoms with E-state index in [0.717, 1.165) is 0 Å². The third-order valence-corrected chi connectivity index (χ3v) is 3.60. The summed E-state index contributed by atoms with van der Waals surface area (Å²) in [6, 6.07) is 1.44. The Labute approximate surface area is 140 Å². The fourth-order valence-corrected chi connectivity index (χ4v) is 2.41. The highest BCUT2D eigenvalue weighted by molar-refractivity contribution is 5.68. The molecule has 132 valence electrons. The Balaban J connectivity index is 1.89. The van der Waals surface area contributed by atoms with E-state index in [9.17, 15) is 14.9 Å². The number of aromatic nitrogens is 1. The molecule has 0 saturated carbocycles. The van der Waals surface area contributed by atoms with Gasteiger partial charge in [-0.15, -0.1) is 0 Å². The molecule has 1 amide bonds. The number of piperidine rings is 1. The second-order valence-corrected chi connectivity index (χ2v) is 6.86. The molecule has 1 aromatic rings. The Morgan fingerprint density at radius 2 is 2.00 bits per heavy atom. The van der Waals surface area contributed by atoms with Gasteiger partial charge in [-0.3, -0.25) is 10.1 Å². The van der Waals surface area contributed by atoms with Crippen LogP contribution in [0.1, 0.15) is 39.2 Å². The molecule has 0 radical (unpaired) electrons. The molecule has 1 fully saturated rings. The number of pyridine rings is 1. The van der Waals surface area contributed by atoms with Crippen LogP contribution in [0.25, 0.3) is 0 Å². The molecule has 0 spiro atoms. The van der Waals surface area contributed by atoms with Crippen molar-refractivity contribution in [2.45, 2.75) is 52.2 Å². The zero-order valence-corrected chi connectivity index (χ0v) is 14.4. The van der Waals surface area contributed by atoms with Crippen molar-refractivity contribution in [3.05, 3.63) is 27.9 Å². The first kappa shape index (κ1) is 18.0. The van der Waals surface area contributed by atoms with Gasteiger partial charge in [-0.1, -0.05) is 0 Å². The minimum absolute atomic E-state index is 0.0559. The third kappa shape index (κ3) is 4.81. The van der Waals surface area contributed by atoms with E-state index < -0.39 is 10.5 Å². The van der Waals surface area contributed by atoms with Crippen LogP contribution in [0.4, 0.5) is 10.5 Å². The maximum Gasteiger partial charge on any atom is 0.410 e. The van der Waals surface area contributed by atoms with E-state index in [1.165, 1.54) is 12.3 Å². The van der Waals surface area contributed by atoms with Crippen LogP contribution >= 0.6 is 0 Å². The van der Waals surface area contributed by atoms with E-state index in [-0.39, 0.29) is 17.9 Å². The van der Waals surface area contributed by atoms with E-state index in [1.807, 2.05) is 20.8 Å². The zero-order valence-electron chi connectivity index (χ0n) is 14.4. The lowest BCUT2D eigenvalue weighted by Crippen LogP contribution is -2.44. The van der Waals surface area contributed by atoms with Crippen LogP contribution in [0.5, 0.6) is 5.88 Å². The van der Waals surface area contributed by atoms with E-state index in [4.69, 9.17) is 9.47 Å². The van der Waals surface area contributed by atoms with Crippen LogP contribution in [0, 0.1) is 17.0 Å². The highest BCUT2D eigenvalue weighted by Gasteiger charge is 2.28. The monoisotopic (exact) mass is 337 g/mol. The molecule has 2 rings (SSSR count). The highest BCUT2D eigenvalue weighted by atomic mass is 16.6. The molecule has 0 unspecified atom stereocenters. The SMILES string of the molecule is Cc1cc([N+](=O)[O-])cnc1OC1CCN(C(=O)OC(C)(C)C)CC1. The van der Waals surface area contributed by atoms with Crippen LogP contribution in [-0.4, -0.2) is 45.7 Å². The van der Waals surface area contributed by atoms with Gasteiger partial charge >= 0.3 is 6.09 Å². The summed E-state index contributed by atoms with van der Waals surface area (Å²) < 4.78 is 11.2. The summed E-state index contributed by atoms with van der Waals surface area (Å²) >= 11 is 0. The van der Waals surface area contributed by atoms with E-state index in [2.05, 4.69) is 4.98 Å². The second kappa shape index (κ2) is 7.02. The molecule has 8 heteroatoms. The number of rotatable bonds is 3. The molecule has 0 atom stereocenters. The molecule has 1 saturated heterocycles. The number of hydrogen-bond donors (Lipinski definition) is 0. The van der Waals surface area contributed by atoms with Gasteiger partial charge in [0, 0.05) is 37.6 Å². The first-order chi connectivity index (χ1) is 11.2. The van der Waals surface area contributed by atoms with Crippen molar-refractivity contribution < 1.29 is 19.2 Å². The van der Waals surface area contributed by atoms with Gasteiger partial charge < -0.3 is 14.4 Å². The van der Waals surface area contributed by atoms with Crippen molar-refractivity contribution in [2.75, 3.05) is 13.1 Å². The molecule has 1 aliphatic heterocycles. The summed E-state index contributed by atoms with van der Waals surface area (Å²) in [5.41, 5.74) is 0.0582. The molecule has 24 heavy (non-hydrogen) atoms. The number of amides is 1. The van der Waals surface area contributed by atoms with Crippen molar-refractivity contribution in [1.29, 1.82) is 0 Å². The average Bonchev–Trinajstić information content (AvgIpc) is 2.48. The molecule has 0 bridgehead atoms. The molecule has 1 aromatic heterocycles. The van der Waals surface area contributed by atoms with Crippen molar-refractivity contribution >= 4 is 11.8 Å². The molecular formula is C16H23N3O5. The molecule has 0 N–H and O–H groups in total. The Morgan fingerprint density at radius 3 is 2.50 bits per heavy atom. The van der Waals surface area contributed by atoms with Gasteiger partial charge in [-0.25, -0.2) is 9.78 Å². The summed E-state index contributed by atoms with van der Waals surface area (Å²) in [6.45, 7) is 8.33. The van der Waals surface area contributed by atoms with Gasteiger partial charge in [0.2, 0.25) is 5.88 Å². The van der Waals surface area contributed by atoms with E-state index in [1.54, 1.807) is 11.8 Å². The van der Waals surface area contributed by atoms with Crippen LogP contribution in [0.3, 0.4) is 0 Å². The number of nitrogens with zero attached hydrogens (tertiary/aromatic N) is 3. The first-order valence-corrected chi connectivity index (χ1v) is 7.91. The van der Waals surface area contributed by atoms with Crippen molar-refractivity contribution in [2.24, 2.45) is 0 Å². The largest absolute Gasteiger partial charge is 0.474 e. The number of likely N-dealkylation sites (tertiary alicyclic amines) is 1. The highest BCUT2D eigenvalue weighted by Crippen LogP contribution is 2.24. The standard InChI is InChI=1S/C16H23N3O5/c1-11-9-12(19(21)22)10-17-14(11)23-13-5-7-18(8-6-13)15(20)24-16(2,3)4/h9-10,13H,5-8H2,1-4H3. The summed E-state index contributed by atoms with van der Waals surface area (Å²) in [6.07, 6.45) is 2.13. The molecule has 8 nitrogen and oxygen atoms in total. The lowest BCUT2D eigenvalue weighted by atomic mass is 10.1. The van der Waals surface area contributed by atoms with Crippen LogP contribution in [0.2, 0.25) is 0 Å². The second-order valence-electron chi connectivity index (χ2n) is 6.86. The minimum atomic E-state index is -0.510. The predicted octanol–water partition coefficient (Wildman–Crippen LogP) is 3.08. The quantitative estimate of drug-likeness (QED) is 0.621. The fourth-order valence-electron chi connectivity index (χ4n) is 2.41. The Bertz CT molecular complexity index is 619. The van der Waals surface area contributed by atoms with E-state index in [0.29, 0.717) is 37.4 Å². The van der Waals surface area contributed by atoms with E-state index >= 15 is 0 Å². The number of nitro groups is 1. The number of ether oxygens (including phenoxy) is 2. The smallest absolute Gasteiger partial charge is 0.410 e. The van der Waals surface area contributed by atoms with Crippen LogP contribution < -0.4 is 4.74 Å². The minimum Gasteiger partial charge on any atom is -0.474 e. The summed E-state index contributed by atoms with van der Waals surface area (Å²) in [5.74, 6) is 0.399. The lowest BCUT2D eigenvalue weighted by molar-refractivity contribution is -0.385. The summed E-state index contributed by atoms with van der Waals surface area (Å²) in [4.78, 5) is 28.0. The average molecular weight is 337 g/mol. The number of hydrogen-bond acceptors (Lipinski definition) is 6. The van der Waals surface area contributed by atoms with Gasteiger partial charge in [0.1, 0.15) is 17.9 Å². The van der Waals surface area contributed by atoms with Crippen molar-refractivity contribution in [3.63, 3.8) is 0 Å². The number of carbonyl (C=O) groups is 1. The summed E-state index contributed by atoms with van der Waals surface area (Å²) in [5, 5.41) is 10.7. The number of carbonyl (C=O) groups excluding carboxylic acids is 1. The van der Waals surface area contributed by atoms with Crippen LogP contribution in [0.15, 0.2) is 12.3 Å². The van der Waals surface area contributed by atoms with Gasteiger partial charge in [0.15, 0.2) is 0 Å². The summed E-state index contributed by atoms with van der Waals surface area (Å²) in [7, 11) is 0. The topological polar surface area (TPSA) is 94.8 Å². The third-order valence-electron chi connectivity index (χ3n) is 3.60. The normalized spacial score (nSPS) is 15.9. The van der Waals surface area contributed by atoms with Crippen molar-refractivity contribution in [3.8, 4) is 5.88 Å². The molecule has 1 aliphatic rings. The zero-order chi connectivity index (χ0) is 17.9. The molecule has 2 heterocycles. The molecule has 0 aliphatic carbocycles. The number of aryl methyl sites for hydroxylation is 1. The molecule has 0 aromatic carbocycles. The predicted molar refractivity (Wildman–Crippen MR) is 87.1 cm³/mol. The maximum atomic E-state index is 12.0. The Morgan fingerprint density at radius 1 is 1.38 bits per heavy atom. The van der Waals surface area contributed by atoms with Gasteiger partial charge in [-0.05, 0) is 27.7 Å². The fraction of sp³-hybridized carbons (Fsp3) is 0.625. The Hall–Kier alpha value is -2.38. The van der Waals surface area contributed by atoms with Gasteiger partial charge in [-0.2, -0.15) is 0 Å². The first-order valence-electron chi connectivity index (χ1n) is 7.91. The van der Waals surface area contributed by atoms with Crippen molar-refractivity contribution in [1.82, 2.24) is 9.88 Å². The van der Waals surface area contributed by atoms with Crippen LogP contribution in [-0.2, 0) is 4.74 Å². The maximum absolute atomic E-state index is 12.0. The molecular weight excluding hydrogens is 314 g/mol. The van der Waals surface area contributed by atoms with Gasteiger partial charge in [0.05, 0.1) is 4.92 Å². The Kier molecular flexibility index (Phi) is 5.26. The van der Waals surface area contributed by atoms with Gasteiger partial charge in [0.25, 0.3) is 5.69 Å². The lowest BCUT2D eigenvalue weighted by Gasteiger charge is -2.33.